The number of carbonyl (C=O) groups is 1. The number of likely N-dealkylation sites (tertiary alicyclic amines) is 1. The highest BCUT2D eigenvalue weighted by molar-refractivity contribution is 5.78. The predicted octanol–water partition coefficient (Wildman–Crippen LogP) is 4.61. The maximum atomic E-state index is 11.7. The third-order valence-electron chi connectivity index (χ3n) is 6.16. The van der Waals surface area contributed by atoms with Gasteiger partial charge in [0, 0.05) is 30.4 Å². The molecule has 1 unspecified atom stereocenters. The SMILES string of the molecule is CC(=O)C1CCCN(CCCN2c3ccccc3CCc3ccccc32)C1. The number of rotatable bonds is 5. The van der Waals surface area contributed by atoms with Gasteiger partial charge in [-0.15, -0.1) is 0 Å². The summed E-state index contributed by atoms with van der Waals surface area (Å²) in [7, 11) is 0. The first-order valence-corrected chi connectivity index (χ1v) is 10.4. The zero-order valence-corrected chi connectivity index (χ0v) is 16.4. The van der Waals surface area contributed by atoms with E-state index in [2.05, 4.69) is 58.3 Å². The smallest absolute Gasteiger partial charge is 0.134 e. The van der Waals surface area contributed by atoms with Gasteiger partial charge in [0.2, 0.25) is 0 Å². The number of hydrogen-bond acceptors (Lipinski definition) is 3. The van der Waals surface area contributed by atoms with Crippen LogP contribution in [0.1, 0.15) is 37.3 Å². The number of anilines is 2. The number of carbonyl (C=O) groups excluding carboxylic acids is 1. The Bertz CT molecular complexity index is 753. The maximum absolute atomic E-state index is 11.7. The molecule has 0 N–H and O–H groups in total. The van der Waals surface area contributed by atoms with Crippen molar-refractivity contribution >= 4 is 17.2 Å². The van der Waals surface area contributed by atoms with Crippen LogP contribution in [0, 0.1) is 5.92 Å². The molecule has 0 aliphatic carbocycles. The average Bonchev–Trinajstić information content (AvgIpc) is 2.86. The molecule has 2 aromatic carbocycles. The van der Waals surface area contributed by atoms with Crippen molar-refractivity contribution in [3.05, 3.63) is 59.7 Å². The third kappa shape index (κ3) is 4.08. The molecule has 27 heavy (non-hydrogen) atoms. The van der Waals surface area contributed by atoms with Crippen molar-refractivity contribution in [2.45, 2.75) is 39.0 Å². The molecule has 4 rings (SSSR count). The summed E-state index contributed by atoms with van der Waals surface area (Å²) in [4.78, 5) is 16.8. The second-order valence-electron chi connectivity index (χ2n) is 8.01. The van der Waals surface area contributed by atoms with Crippen LogP contribution in [0.5, 0.6) is 0 Å². The molecule has 2 aliphatic rings. The van der Waals surface area contributed by atoms with Gasteiger partial charge in [0.1, 0.15) is 5.78 Å². The lowest BCUT2D eigenvalue weighted by Gasteiger charge is -2.33. The number of benzene rings is 2. The summed E-state index contributed by atoms with van der Waals surface area (Å²) < 4.78 is 0. The van der Waals surface area contributed by atoms with Gasteiger partial charge in [0.15, 0.2) is 0 Å². The van der Waals surface area contributed by atoms with Crippen molar-refractivity contribution in [3.63, 3.8) is 0 Å². The number of ketones is 1. The Morgan fingerprint density at radius 2 is 1.59 bits per heavy atom. The molecule has 3 nitrogen and oxygen atoms in total. The zero-order chi connectivity index (χ0) is 18.6. The lowest BCUT2D eigenvalue weighted by molar-refractivity contribution is -0.122. The number of fused-ring (bicyclic) bond motifs is 2. The molecule has 3 heteroatoms. The minimum absolute atomic E-state index is 0.249. The number of Topliss-reactive ketones (excluding diaryl/α,β-unsaturated/α-hetero) is 1. The van der Waals surface area contributed by atoms with Crippen LogP contribution in [0.3, 0.4) is 0 Å². The predicted molar refractivity (Wildman–Crippen MR) is 112 cm³/mol. The van der Waals surface area contributed by atoms with Gasteiger partial charge in [-0.2, -0.15) is 0 Å². The molecule has 142 valence electrons. The summed E-state index contributed by atoms with van der Waals surface area (Å²) in [6, 6.07) is 17.7. The Labute approximate surface area is 163 Å². The molecule has 1 fully saturated rings. The molecular weight excluding hydrogens is 332 g/mol. The van der Waals surface area contributed by atoms with Crippen LogP contribution < -0.4 is 4.90 Å². The van der Waals surface area contributed by atoms with Crippen LogP contribution >= 0.6 is 0 Å². The van der Waals surface area contributed by atoms with Crippen molar-refractivity contribution < 1.29 is 4.79 Å². The minimum Gasteiger partial charge on any atom is -0.341 e. The third-order valence-corrected chi connectivity index (χ3v) is 6.16. The van der Waals surface area contributed by atoms with Gasteiger partial charge >= 0.3 is 0 Å². The number of nitrogens with zero attached hydrogens (tertiary/aromatic N) is 2. The van der Waals surface area contributed by atoms with E-state index in [4.69, 9.17) is 0 Å². The highest BCUT2D eigenvalue weighted by Crippen LogP contribution is 2.35. The molecule has 0 amide bonds. The van der Waals surface area contributed by atoms with Gasteiger partial charge in [0.05, 0.1) is 0 Å². The van der Waals surface area contributed by atoms with Gasteiger partial charge in [-0.25, -0.2) is 0 Å². The molecule has 0 spiro atoms. The first kappa shape index (κ1) is 18.2. The fourth-order valence-corrected chi connectivity index (χ4v) is 4.65. The Morgan fingerprint density at radius 3 is 2.22 bits per heavy atom. The highest BCUT2D eigenvalue weighted by Gasteiger charge is 2.24. The van der Waals surface area contributed by atoms with E-state index >= 15 is 0 Å². The fourth-order valence-electron chi connectivity index (χ4n) is 4.65. The van der Waals surface area contributed by atoms with Crippen molar-refractivity contribution in [1.29, 1.82) is 0 Å². The van der Waals surface area contributed by atoms with Crippen LogP contribution in [-0.2, 0) is 17.6 Å². The van der Waals surface area contributed by atoms with E-state index in [0.29, 0.717) is 5.78 Å². The van der Waals surface area contributed by atoms with Crippen molar-refractivity contribution in [2.24, 2.45) is 5.92 Å². The zero-order valence-electron chi connectivity index (χ0n) is 16.4. The molecule has 2 aromatic rings. The summed E-state index contributed by atoms with van der Waals surface area (Å²) in [6.45, 7) is 5.93. The average molecular weight is 363 g/mol. The van der Waals surface area contributed by atoms with Crippen molar-refractivity contribution in [2.75, 3.05) is 31.1 Å². The molecule has 0 saturated carbocycles. The highest BCUT2D eigenvalue weighted by atomic mass is 16.1. The number of piperidine rings is 1. The molecule has 1 atom stereocenters. The largest absolute Gasteiger partial charge is 0.341 e. The van der Waals surface area contributed by atoms with Crippen LogP contribution in [0.2, 0.25) is 0 Å². The first-order chi connectivity index (χ1) is 13.2. The summed E-state index contributed by atoms with van der Waals surface area (Å²) >= 11 is 0. The molecule has 0 radical (unpaired) electrons. The van der Waals surface area contributed by atoms with Crippen molar-refractivity contribution in [3.8, 4) is 0 Å². The van der Waals surface area contributed by atoms with E-state index in [9.17, 15) is 4.79 Å². The summed E-state index contributed by atoms with van der Waals surface area (Å²) in [6.07, 6.45) is 5.55. The maximum Gasteiger partial charge on any atom is 0.134 e. The monoisotopic (exact) mass is 362 g/mol. The quantitative estimate of drug-likeness (QED) is 0.776. The Morgan fingerprint density at radius 1 is 0.963 bits per heavy atom. The Hall–Kier alpha value is -2.13. The number of para-hydroxylation sites is 2. The normalized spacial score (nSPS) is 19.9. The number of hydrogen-bond donors (Lipinski definition) is 0. The molecule has 1 saturated heterocycles. The van der Waals surface area contributed by atoms with E-state index in [1.807, 2.05) is 0 Å². The summed E-state index contributed by atoms with van der Waals surface area (Å²) in [5.41, 5.74) is 5.62. The van der Waals surface area contributed by atoms with Crippen LogP contribution in [-0.4, -0.2) is 36.9 Å². The first-order valence-electron chi connectivity index (χ1n) is 10.4. The van der Waals surface area contributed by atoms with E-state index in [0.717, 1.165) is 58.3 Å². The number of aryl methyl sites for hydroxylation is 2. The topological polar surface area (TPSA) is 23.6 Å². The summed E-state index contributed by atoms with van der Waals surface area (Å²) in [5.74, 6) is 0.605. The van der Waals surface area contributed by atoms with Gasteiger partial charge in [-0.3, -0.25) is 4.79 Å². The molecule has 2 heterocycles. The molecular formula is C24H30N2O. The Kier molecular flexibility index (Phi) is 5.58. The second-order valence-corrected chi connectivity index (χ2v) is 8.01. The van der Waals surface area contributed by atoms with Crippen LogP contribution in [0.25, 0.3) is 0 Å². The standard InChI is InChI=1S/C24H30N2O/c1-19(27)22-10-6-15-25(18-22)16-7-17-26-23-11-4-2-8-20(23)13-14-21-9-3-5-12-24(21)26/h2-5,8-9,11-12,22H,6-7,10,13-18H2,1H3. The van der Waals surface area contributed by atoms with Crippen molar-refractivity contribution in [1.82, 2.24) is 4.90 Å². The lowest BCUT2D eigenvalue weighted by Crippen LogP contribution is -2.39. The van der Waals surface area contributed by atoms with E-state index < -0.39 is 0 Å². The van der Waals surface area contributed by atoms with Gasteiger partial charge in [-0.1, -0.05) is 36.4 Å². The van der Waals surface area contributed by atoms with E-state index in [1.165, 1.54) is 22.5 Å². The minimum atomic E-state index is 0.249. The molecule has 0 bridgehead atoms. The summed E-state index contributed by atoms with van der Waals surface area (Å²) in [5, 5.41) is 0. The Balaban J connectivity index is 1.47. The van der Waals surface area contributed by atoms with Gasteiger partial charge < -0.3 is 9.80 Å². The second kappa shape index (κ2) is 8.26. The van der Waals surface area contributed by atoms with Crippen LogP contribution in [0.15, 0.2) is 48.5 Å². The van der Waals surface area contributed by atoms with Gasteiger partial charge in [0.25, 0.3) is 0 Å². The molecule has 0 aromatic heterocycles. The van der Waals surface area contributed by atoms with E-state index in [1.54, 1.807) is 6.92 Å². The fraction of sp³-hybridized carbons (Fsp3) is 0.458. The van der Waals surface area contributed by atoms with Gasteiger partial charge in [-0.05, 0) is 75.4 Å². The lowest BCUT2D eigenvalue weighted by atomic mass is 9.94. The van der Waals surface area contributed by atoms with E-state index in [-0.39, 0.29) is 5.92 Å². The van der Waals surface area contributed by atoms with Crippen LogP contribution in [0.4, 0.5) is 11.4 Å². The molecule has 2 aliphatic heterocycles.